The van der Waals surface area contributed by atoms with E-state index in [9.17, 15) is 0 Å². The van der Waals surface area contributed by atoms with Crippen LogP contribution in [0.1, 0.15) is 74.1 Å². The molecule has 2 aliphatic rings. The normalized spacial score (nSPS) is 37.4. The first-order chi connectivity index (χ1) is 13.2. The van der Waals surface area contributed by atoms with E-state index in [0.29, 0.717) is 0 Å². The molecule has 0 bridgehead atoms. The van der Waals surface area contributed by atoms with Crippen molar-refractivity contribution in [1.29, 1.82) is 0 Å². The molecule has 0 unspecified atom stereocenters. The highest BCUT2D eigenvalue weighted by Crippen LogP contribution is 2.70. The minimum absolute atomic E-state index is 0.144. The van der Waals surface area contributed by atoms with Crippen molar-refractivity contribution in [2.75, 3.05) is 0 Å². The largest absolute Gasteiger partial charge is 0.413 e. The molecule has 0 radical (unpaired) electrons. The van der Waals surface area contributed by atoms with Gasteiger partial charge in [0.25, 0.3) is 0 Å². The van der Waals surface area contributed by atoms with E-state index in [1.807, 2.05) is 0 Å². The molecule has 2 fully saturated rings. The van der Waals surface area contributed by atoms with Crippen molar-refractivity contribution >= 4 is 16.6 Å². The molecule has 30 heavy (non-hydrogen) atoms. The summed E-state index contributed by atoms with van der Waals surface area (Å²) in [5, 5.41) is 0.185. The van der Waals surface area contributed by atoms with Crippen molar-refractivity contribution in [2.45, 2.75) is 124 Å². The zero-order chi connectivity index (χ0) is 23.6. The molecule has 4 atom stereocenters. The predicted molar refractivity (Wildman–Crippen MR) is 136 cm³/mol. The van der Waals surface area contributed by atoms with E-state index in [-0.39, 0.29) is 33.0 Å². The summed E-state index contributed by atoms with van der Waals surface area (Å²) in [5.74, 6) is 3.21. The Morgan fingerprint density at radius 2 is 1.57 bits per heavy atom. The maximum atomic E-state index is 7.30. The zero-order valence-electron chi connectivity index (χ0n) is 22.0. The Morgan fingerprint density at radius 1 is 1.03 bits per heavy atom. The average Bonchev–Trinajstić information content (AvgIpc) is 2.56. The molecule has 4 heteroatoms. The van der Waals surface area contributed by atoms with Crippen LogP contribution in [0.2, 0.25) is 37.8 Å². The summed E-state index contributed by atoms with van der Waals surface area (Å²) < 4.78 is 14.4. The topological polar surface area (TPSA) is 18.5 Å². The molecule has 0 aromatic heterocycles. The van der Waals surface area contributed by atoms with Crippen LogP contribution in [0.5, 0.6) is 0 Å². The number of rotatable bonds is 4. The summed E-state index contributed by atoms with van der Waals surface area (Å²) in [7, 11) is -3.78. The van der Waals surface area contributed by atoms with Gasteiger partial charge in [0, 0.05) is 10.8 Å². The monoisotopic (exact) mass is 448 g/mol. The summed E-state index contributed by atoms with van der Waals surface area (Å²) in [5.41, 5.74) is 0.194. The Morgan fingerprint density at radius 3 is 2.00 bits per heavy atom. The quantitative estimate of drug-likeness (QED) is 0.248. The minimum atomic E-state index is -1.91. The van der Waals surface area contributed by atoms with Crippen molar-refractivity contribution in [3.05, 3.63) is 12.2 Å². The van der Waals surface area contributed by atoms with Crippen LogP contribution >= 0.6 is 0 Å². The predicted octanol–water partition coefficient (Wildman–Crippen LogP) is 7.78. The molecule has 0 aliphatic heterocycles. The van der Waals surface area contributed by atoms with Crippen LogP contribution in [0.3, 0.4) is 0 Å². The van der Waals surface area contributed by atoms with Crippen molar-refractivity contribution in [2.24, 2.45) is 16.2 Å². The van der Waals surface area contributed by atoms with Gasteiger partial charge in [0.05, 0.1) is 17.1 Å². The molecular formula is C26H48O2Si2. The highest BCUT2D eigenvalue weighted by Gasteiger charge is 2.71. The number of allylic oxidation sites excluding steroid dienone is 1. The highest BCUT2D eigenvalue weighted by atomic mass is 28.4. The lowest BCUT2D eigenvalue weighted by atomic mass is 9.40. The second kappa shape index (κ2) is 7.34. The fraction of sp³-hybridized carbons (Fsp3) is 0.846. The molecule has 0 N–H and O–H groups in total. The lowest BCUT2D eigenvalue weighted by Gasteiger charge is -2.71. The Hall–Kier alpha value is -0.346. The van der Waals surface area contributed by atoms with Gasteiger partial charge in [-0.2, -0.15) is 0 Å². The molecule has 2 saturated carbocycles. The fourth-order valence-corrected chi connectivity index (χ4v) is 9.10. The van der Waals surface area contributed by atoms with Crippen LogP contribution < -0.4 is 0 Å². The first-order valence-corrected chi connectivity index (χ1v) is 18.1. The van der Waals surface area contributed by atoms with E-state index < -0.39 is 16.6 Å². The maximum Gasteiger partial charge on any atom is 0.192 e. The maximum absolute atomic E-state index is 7.30. The molecule has 2 aliphatic carbocycles. The fourth-order valence-electron chi connectivity index (χ4n) is 5.99. The Bertz CT molecular complexity index is 734. The minimum Gasteiger partial charge on any atom is -0.413 e. The van der Waals surface area contributed by atoms with Gasteiger partial charge in [-0.3, -0.25) is 0 Å². The molecular weight excluding hydrogens is 400 g/mol. The van der Waals surface area contributed by atoms with Crippen molar-refractivity contribution in [3.63, 3.8) is 0 Å². The Labute approximate surface area is 189 Å². The van der Waals surface area contributed by atoms with Crippen LogP contribution in [0.25, 0.3) is 0 Å². The van der Waals surface area contributed by atoms with Crippen LogP contribution in [0.4, 0.5) is 0 Å². The van der Waals surface area contributed by atoms with Gasteiger partial charge >= 0.3 is 0 Å². The molecule has 0 spiro atoms. The summed E-state index contributed by atoms with van der Waals surface area (Å²) >= 11 is 0. The lowest BCUT2D eigenvalue weighted by Crippen LogP contribution is -2.74. The SMILES string of the molecule is C#C[C@@]1(C)C(=C)CC[C@@]2(O[Si](C)(C)C)C(C)(C)[C@@H](O[Si](C)(C)C(C)(C)C)CC[C@]12C. The number of fused-ring (bicyclic) bond motifs is 1. The van der Waals surface area contributed by atoms with E-state index in [1.165, 1.54) is 5.57 Å². The molecule has 0 saturated heterocycles. The molecule has 2 nitrogen and oxygen atoms in total. The smallest absolute Gasteiger partial charge is 0.192 e. The van der Waals surface area contributed by atoms with Crippen LogP contribution in [-0.2, 0) is 8.85 Å². The number of hydrogen-bond acceptors (Lipinski definition) is 2. The molecule has 0 aromatic carbocycles. The van der Waals surface area contributed by atoms with Gasteiger partial charge in [-0.15, -0.1) is 6.42 Å². The van der Waals surface area contributed by atoms with Crippen molar-refractivity contribution in [3.8, 4) is 12.3 Å². The number of hydrogen-bond donors (Lipinski definition) is 0. The molecule has 2 rings (SSSR count). The van der Waals surface area contributed by atoms with Crippen LogP contribution in [0, 0.1) is 28.6 Å². The van der Waals surface area contributed by atoms with E-state index in [1.54, 1.807) is 0 Å². The average molecular weight is 449 g/mol. The van der Waals surface area contributed by atoms with E-state index >= 15 is 0 Å². The molecule has 172 valence electrons. The lowest BCUT2D eigenvalue weighted by molar-refractivity contribution is -0.243. The summed E-state index contributed by atoms with van der Waals surface area (Å²) in [4.78, 5) is 0. The summed E-state index contributed by atoms with van der Waals surface area (Å²) in [6.45, 7) is 32.5. The van der Waals surface area contributed by atoms with Gasteiger partial charge in [-0.25, -0.2) is 0 Å². The van der Waals surface area contributed by atoms with Gasteiger partial charge in [0.15, 0.2) is 16.6 Å². The summed E-state index contributed by atoms with van der Waals surface area (Å²) in [6.07, 6.45) is 10.4. The van der Waals surface area contributed by atoms with Gasteiger partial charge in [-0.05, 0) is 70.4 Å². The Balaban J connectivity index is 2.68. The third kappa shape index (κ3) is 3.62. The van der Waals surface area contributed by atoms with Crippen molar-refractivity contribution < 1.29 is 8.85 Å². The first kappa shape index (κ1) is 25.9. The van der Waals surface area contributed by atoms with E-state index in [4.69, 9.17) is 15.3 Å². The second-order valence-corrected chi connectivity index (χ2v) is 22.6. The van der Waals surface area contributed by atoms with E-state index in [2.05, 4.69) is 93.7 Å². The first-order valence-electron chi connectivity index (χ1n) is 11.7. The molecule has 0 amide bonds. The second-order valence-electron chi connectivity index (χ2n) is 13.4. The van der Waals surface area contributed by atoms with Crippen LogP contribution in [0.15, 0.2) is 12.2 Å². The molecule has 0 heterocycles. The Kier molecular flexibility index (Phi) is 6.34. The highest BCUT2D eigenvalue weighted by molar-refractivity contribution is 6.74. The third-order valence-corrected chi connectivity index (χ3v) is 14.7. The van der Waals surface area contributed by atoms with Crippen LogP contribution in [-0.4, -0.2) is 28.3 Å². The van der Waals surface area contributed by atoms with Gasteiger partial charge in [0.2, 0.25) is 0 Å². The van der Waals surface area contributed by atoms with E-state index in [0.717, 1.165) is 25.7 Å². The van der Waals surface area contributed by atoms with Gasteiger partial charge in [-0.1, -0.05) is 59.6 Å². The molecule has 0 aromatic rings. The number of terminal acetylenes is 1. The van der Waals surface area contributed by atoms with Gasteiger partial charge < -0.3 is 8.85 Å². The zero-order valence-corrected chi connectivity index (χ0v) is 24.0. The summed E-state index contributed by atoms with van der Waals surface area (Å²) in [6, 6.07) is 0. The standard InChI is InChI=1S/C26H48O2Si2/c1-15-24(8)20(2)16-19-26(28-29(10,11)12)23(6,7)21(17-18-25(24,26)9)27-30(13,14)22(3,4)5/h1,21H,2,16-19H2,3-14H3/t21-,24-,25+,26+/m0/s1. The van der Waals surface area contributed by atoms with Crippen molar-refractivity contribution in [1.82, 2.24) is 0 Å². The van der Waals surface area contributed by atoms with Gasteiger partial charge in [0.1, 0.15) is 0 Å². The third-order valence-electron chi connectivity index (χ3n) is 9.25.